The number of aliphatic carboxylic acids is 2. The molecule has 2 unspecified atom stereocenters. The van der Waals surface area contributed by atoms with Crippen LogP contribution >= 0.6 is 0 Å². The number of esters is 2. The number of carboxylic acids is 2. The third kappa shape index (κ3) is 4.03. The number of carboxylic acid groups (broad SMARTS) is 2. The number of rotatable bonds is 8. The summed E-state index contributed by atoms with van der Waals surface area (Å²) in [6, 6.07) is 17.3. The monoisotopic (exact) mass is 412 g/mol. The average Bonchev–Trinajstić information content (AvgIpc) is 2.71. The van der Waals surface area contributed by atoms with Gasteiger partial charge in [-0.25, -0.2) is 0 Å². The van der Waals surface area contributed by atoms with E-state index >= 15 is 0 Å². The Kier molecular flexibility index (Phi) is 6.15. The van der Waals surface area contributed by atoms with E-state index in [0.29, 0.717) is 11.1 Å². The van der Waals surface area contributed by atoms with Crippen molar-refractivity contribution in [1.82, 2.24) is 0 Å². The van der Waals surface area contributed by atoms with Gasteiger partial charge in [-0.15, -0.1) is 0 Å². The van der Waals surface area contributed by atoms with Crippen molar-refractivity contribution in [2.24, 2.45) is 17.3 Å². The summed E-state index contributed by atoms with van der Waals surface area (Å²) in [7, 11) is 0. The highest BCUT2D eigenvalue weighted by Crippen LogP contribution is 2.53. The van der Waals surface area contributed by atoms with Gasteiger partial charge in [-0.2, -0.15) is 0 Å². The van der Waals surface area contributed by atoms with Crippen molar-refractivity contribution in [3.63, 3.8) is 0 Å². The molecule has 0 heterocycles. The van der Waals surface area contributed by atoms with Gasteiger partial charge in [0.2, 0.25) is 0 Å². The van der Waals surface area contributed by atoms with E-state index in [4.69, 9.17) is 9.47 Å². The number of hydrogen-bond acceptors (Lipinski definition) is 6. The molecule has 0 amide bonds. The molecule has 0 spiro atoms. The Bertz CT molecular complexity index is 883. The van der Waals surface area contributed by atoms with Gasteiger partial charge < -0.3 is 19.7 Å². The molecule has 0 saturated heterocycles. The van der Waals surface area contributed by atoms with Gasteiger partial charge in [0, 0.05) is 0 Å². The number of ether oxygens (including phenoxy) is 2. The van der Waals surface area contributed by atoms with Crippen LogP contribution in [0.2, 0.25) is 0 Å². The van der Waals surface area contributed by atoms with Gasteiger partial charge in [0.05, 0.1) is 11.8 Å². The molecule has 0 aromatic heterocycles. The largest absolute Gasteiger partial charge is 0.481 e. The van der Waals surface area contributed by atoms with Crippen molar-refractivity contribution in [1.29, 1.82) is 0 Å². The highest BCUT2D eigenvalue weighted by molar-refractivity contribution is 6.07. The second-order valence-electron chi connectivity index (χ2n) is 7.06. The first-order valence-corrected chi connectivity index (χ1v) is 9.24. The maximum absolute atomic E-state index is 12.9. The lowest BCUT2D eigenvalue weighted by Crippen LogP contribution is -2.63. The number of carbonyl (C=O) groups is 4. The van der Waals surface area contributed by atoms with Crippen LogP contribution in [0.1, 0.15) is 17.5 Å². The minimum Gasteiger partial charge on any atom is -0.481 e. The fourth-order valence-electron chi connectivity index (χ4n) is 3.60. The second kappa shape index (κ2) is 8.77. The van der Waals surface area contributed by atoms with Gasteiger partial charge in [-0.1, -0.05) is 60.7 Å². The smallest absolute Gasteiger partial charge is 0.324 e. The van der Waals surface area contributed by atoms with Crippen molar-refractivity contribution >= 4 is 23.9 Å². The van der Waals surface area contributed by atoms with Crippen LogP contribution in [0, 0.1) is 17.3 Å². The first-order valence-electron chi connectivity index (χ1n) is 9.24. The Morgan fingerprint density at radius 3 is 1.57 bits per heavy atom. The summed E-state index contributed by atoms with van der Waals surface area (Å²) in [5.41, 5.74) is -0.933. The Hall–Kier alpha value is -3.68. The summed E-state index contributed by atoms with van der Waals surface area (Å²) in [4.78, 5) is 49.0. The molecular weight excluding hydrogens is 392 g/mol. The molecule has 1 aliphatic carbocycles. The first kappa shape index (κ1) is 21.0. The summed E-state index contributed by atoms with van der Waals surface area (Å²) >= 11 is 0. The Balaban J connectivity index is 1.82. The van der Waals surface area contributed by atoms with E-state index in [2.05, 4.69) is 0 Å². The van der Waals surface area contributed by atoms with Gasteiger partial charge in [-0.05, 0) is 17.5 Å². The third-order valence-electron chi connectivity index (χ3n) is 5.21. The summed E-state index contributed by atoms with van der Waals surface area (Å²) in [6.07, 6.45) is -0.499. The van der Waals surface area contributed by atoms with E-state index in [0.717, 1.165) is 0 Å². The zero-order chi connectivity index (χ0) is 21.7. The fourth-order valence-corrected chi connectivity index (χ4v) is 3.60. The predicted molar refractivity (Wildman–Crippen MR) is 102 cm³/mol. The molecule has 3 rings (SSSR count). The summed E-state index contributed by atoms with van der Waals surface area (Å²) < 4.78 is 10.4. The van der Waals surface area contributed by atoms with Crippen LogP contribution < -0.4 is 0 Å². The van der Waals surface area contributed by atoms with E-state index in [1.54, 1.807) is 60.7 Å². The van der Waals surface area contributed by atoms with Gasteiger partial charge >= 0.3 is 23.9 Å². The molecule has 1 fully saturated rings. The van der Waals surface area contributed by atoms with E-state index in [1.165, 1.54) is 0 Å². The molecule has 2 aromatic rings. The SMILES string of the molecule is O=C(O)C1CC(C(=O)OCc2ccccc2)(C(=O)OCc2ccccc2)C1C(=O)O. The average molecular weight is 412 g/mol. The molecule has 8 heteroatoms. The maximum atomic E-state index is 12.9. The molecule has 156 valence electrons. The molecule has 2 N–H and O–H groups in total. The van der Waals surface area contributed by atoms with Crippen molar-refractivity contribution in [2.45, 2.75) is 19.6 Å². The van der Waals surface area contributed by atoms with Crippen LogP contribution in [-0.2, 0) is 41.9 Å². The van der Waals surface area contributed by atoms with Crippen LogP contribution in [0.4, 0.5) is 0 Å². The van der Waals surface area contributed by atoms with Crippen LogP contribution in [0.5, 0.6) is 0 Å². The standard InChI is InChI=1S/C22H20O8/c23-18(24)16-11-22(17(16)19(25)26,20(27)29-12-14-7-3-1-4-8-14)21(28)30-13-15-9-5-2-6-10-15/h1-10,16-17H,11-13H2,(H,23,24)(H,25,26). The van der Waals surface area contributed by atoms with E-state index in [-0.39, 0.29) is 13.2 Å². The molecule has 0 aliphatic heterocycles. The minimum atomic E-state index is -2.21. The fraction of sp³-hybridized carbons (Fsp3) is 0.273. The Labute approximate surface area is 172 Å². The van der Waals surface area contributed by atoms with Crippen LogP contribution in [0.3, 0.4) is 0 Å². The summed E-state index contributed by atoms with van der Waals surface area (Å²) in [6.45, 7) is -0.366. The van der Waals surface area contributed by atoms with E-state index in [1.807, 2.05) is 0 Å². The zero-order valence-corrected chi connectivity index (χ0v) is 15.9. The van der Waals surface area contributed by atoms with Crippen molar-refractivity contribution in [2.75, 3.05) is 0 Å². The number of carbonyl (C=O) groups excluding carboxylic acids is 2. The maximum Gasteiger partial charge on any atom is 0.324 e. The lowest BCUT2D eigenvalue weighted by atomic mass is 9.53. The van der Waals surface area contributed by atoms with Crippen LogP contribution in [0.25, 0.3) is 0 Å². The quantitative estimate of drug-likeness (QED) is 0.499. The molecule has 0 bridgehead atoms. The Morgan fingerprint density at radius 2 is 1.20 bits per heavy atom. The topological polar surface area (TPSA) is 127 Å². The van der Waals surface area contributed by atoms with Crippen LogP contribution in [0.15, 0.2) is 60.7 Å². The molecular formula is C22H20O8. The minimum absolute atomic E-state index is 0.183. The van der Waals surface area contributed by atoms with Crippen molar-refractivity contribution in [3.05, 3.63) is 71.8 Å². The van der Waals surface area contributed by atoms with Gasteiger partial charge in [0.25, 0.3) is 0 Å². The predicted octanol–water partition coefficient (Wildman–Crippen LogP) is 2.26. The molecule has 1 saturated carbocycles. The zero-order valence-electron chi connectivity index (χ0n) is 15.9. The lowest BCUT2D eigenvalue weighted by Gasteiger charge is -2.46. The number of hydrogen-bond donors (Lipinski definition) is 2. The molecule has 8 nitrogen and oxygen atoms in total. The van der Waals surface area contributed by atoms with Gasteiger partial charge in [0.15, 0.2) is 5.41 Å². The molecule has 0 radical (unpaired) electrons. The van der Waals surface area contributed by atoms with Crippen LogP contribution in [-0.4, -0.2) is 34.1 Å². The van der Waals surface area contributed by atoms with Crippen molar-refractivity contribution in [3.8, 4) is 0 Å². The van der Waals surface area contributed by atoms with E-state index in [9.17, 15) is 29.4 Å². The van der Waals surface area contributed by atoms with Gasteiger partial charge in [-0.3, -0.25) is 19.2 Å². The van der Waals surface area contributed by atoms with Gasteiger partial charge in [0.1, 0.15) is 13.2 Å². The molecule has 30 heavy (non-hydrogen) atoms. The molecule has 1 aliphatic rings. The molecule has 2 atom stereocenters. The number of benzene rings is 2. The highest BCUT2D eigenvalue weighted by Gasteiger charge is 2.71. The lowest BCUT2D eigenvalue weighted by molar-refractivity contribution is -0.206. The first-order chi connectivity index (χ1) is 14.4. The third-order valence-corrected chi connectivity index (χ3v) is 5.21. The highest BCUT2D eigenvalue weighted by atomic mass is 16.6. The second-order valence-corrected chi connectivity index (χ2v) is 7.06. The summed E-state index contributed by atoms with van der Waals surface area (Å²) in [5, 5.41) is 18.9. The molecule has 2 aromatic carbocycles. The van der Waals surface area contributed by atoms with Crippen molar-refractivity contribution < 1.29 is 38.9 Å². The summed E-state index contributed by atoms with van der Waals surface area (Å²) in [5.74, 6) is -8.34. The normalized spacial score (nSPS) is 19.2. The Morgan fingerprint density at radius 1 is 0.767 bits per heavy atom. The van der Waals surface area contributed by atoms with E-state index < -0.39 is 47.5 Å².